The molecule has 0 unspecified atom stereocenters. The number of aliphatic hydroxyl groups is 1. The van der Waals surface area contributed by atoms with Gasteiger partial charge in [0.15, 0.2) is 0 Å². The summed E-state index contributed by atoms with van der Waals surface area (Å²) in [5.41, 5.74) is 8.08. The lowest BCUT2D eigenvalue weighted by atomic mass is 10.2. The van der Waals surface area contributed by atoms with Crippen molar-refractivity contribution in [2.75, 3.05) is 11.9 Å². The monoisotopic (exact) mass is 235 g/mol. The third-order valence-electron chi connectivity index (χ3n) is 2.28. The van der Waals surface area contributed by atoms with Gasteiger partial charge in [0.05, 0.1) is 12.3 Å². The molecule has 0 saturated carbocycles. The minimum atomic E-state index is -0.136. The molecule has 0 amide bonds. The van der Waals surface area contributed by atoms with E-state index in [1.165, 1.54) is 5.56 Å². The summed E-state index contributed by atoms with van der Waals surface area (Å²) < 4.78 is 0. The van der Waals surface area contributed by atoms with Gasteiger partial charge < -0.3 is 21.5 Å². The number of aliphatic hydroxyl groups excluding tert-OH is 1. The zero-order valence-electron chi connectivity index (χ0n) is 10.4. The number of nitrogens with one attached hydrogen (secondary N) is 2. The minimum absolute atomic E-state index is 0.136. The molecule has 0 spiro atoms. The standard InChI is InChI=1S/C13H21N3O/c1-10(2)15-7-11-3-5-13(6-4-11)16-8-12(14)9-17/h3-6,8,10,15-17H,7,9,14H2,1-2H3/b12-8-. The maximum absolute atomic E-state index is 8.74. The lowest BCUT2D eigenvalue weighted by Gasteiger charge is -2.09. The molecule has 5 N–H and O–H groups in total. The van der Waals surface area contributed by atoms with E-state index < -0.39 is 0 Å². The molecule has 1 aromatic carbocycles. The van der Waals surface area contributed by atoms with E-state index >= 15 is 0 Å². The molecule has 4 heteroatoms. The third kappa shape index (κ3) is 5.38. The first-order valence-corrected chi connectivity index (χ1v) is 5.76. The van der Waals surface area contributed by atoms with Crippen molar-refractivity contribution in [2.45, 2.75) is 26.4 Å². The van der Waals surface area contributed by atoms with Crippen LogP contribution in [0.2, 0.25) is 0 Å². The Kier molecular flexibility index (Phi) is 5.52. The average molecular weight is 235 g/mol. The number of rotatable bonds is 6. The van der Waals surface area contributed by atoms with E-state index in [1.54, 1.807) is 6.20 Å². The predicted octanol–water partition coefficient (Wildman–Crippen LogP) is 1.39. The summed E-state index contributed by atoms with van der Waals surface area (Å²) in [5.74, 6) is 0. The highest BCUT2D eigenvalue weighted by atomic mass is 16.3. The number of nitrogens with two attached hydrogens (primary N) is 1. The van der Waals surface area contributed by atoms with Crippen molar-refractivity contribution in [3.63, 3.8) is 0 Å². The first-order chi connectivity index (χ1) is 8.11. The van der Waals surface area contributed by atoms with E-state index in [4.69, 9.17) is 10.8 Å². The number of benzene rings is 1. The highest BCUT2D eigenvalue weighted by molar-refractivity contribution is 5.47. The molecule has 94 valence electrons. The number of hydrogen-bond acceptors (Lipinski definition) is 4. The topological polar surface area (TPSA) is 70.3 Å². The molecule has 0 radical (unpaired) electrons. The molecule has 0 heterocycles. The summed E-state index contributed by atoms with van der Waals surface area (Å²) in [7, 11) is 0. The first-order valence-electron chi connectivity index (χ1n) is 5.76. The van der Waals surface area contributed by atoms with E-state index in [-0.39, 0.29) is 6.61 Å². The molecule has 0 bridgehead atoms. The van der Waals surface area contributed by atoms with E-state index in [1.807, 2.05) is 12.1 Å². The quantitative estimate of drug-likeness (QED) is 0.601. The SMILES string of the molecule is CC(C)NCc1ccc(N/C=C(\N)CO)cc1. The zero-order chi connectivity index (χ0) is 12.7. The van der Waals surface area contributed by atoms with Crippen molar-refractivity contribution in [1.82, 2.24) is 5.32 Å². The normalized spacial score (nSPS) is 11.9. The molecule has 0 aliphatic heterocycles. The zero-order valence-corrected chi connectivity index (χ0v) is 10.4. The van der Waals surface area contributed by atoms with Crippen LogP contribution in [0.5, 0.6) is 0 Å². The van der Waals surface area contributed by atoms with Gasteiger partial charge in [-0.15, -0.1) is 0 Å². The maximum Gasteiger partial charge on any atom is 0.0840 e. The van der Waals surface area contributed by atoms with Crippen LogP contribution >= 0.6 is 0 Å². The molecule has 17 heavy (non-hydrogen) atoms. The summed E-state index contributed by atoms with van der Waals surface area (Å²) in [6, 6.07) is 8.57. The van der Waals surface area contributed by atoms with Gasteiger partial charge in [-0.05, 0) is 17.7 Å². The Balaban J connectivity index is 2.50. The lowest BCUT2D eigenvalue weighted by molar-refractivity contribution is 0.329. The van der Waals surface area contributed by atoms with Crippen LogP contribution in [-0.2, 0) is 6.54 Å². The second-order valence-corrected chi connectivity index (χ2v) is 4.25. The van der Waals surface area contributed by atoms with Crippen LogP contribution in [0.25, 0.3) is 0 Å². The van der Waals surface area contributed by atoms with Crippen molar-refractivity contribution in [1.29, 1.82) is 0 Å². The Morgan fingerprint density at radius 1 is 1.35 bits per heavy atom. The Morgan fingerprint density at radius 2 is 2.00 bits per heavy atom. The summed E-state index contributed by atoms with van der Waals surface area (Å²) in [4.78, 5) is 0. The van der Waals surface area contributed by atoms with E-state index in [0.29, 0.717) is 11.7 Å². The molecule has 1 aromatic rings. The fraction of sp³-hybridized carbons (Fsp3) is 0.385. The molecule has 0 atom stereocenters. The third-order valence-corrected chi connectivity index (χ3v) is 2.28. The van der Waals surface area contributed by atoms with Gasteiger partial charge in [-0.1, -0.05) is 26.0 Å². The van der Waals surface area contributed by atoms with Crippen LogP contribution in [0, 0.1) is 0 Å². The average Bonchev–Trinajstić information content (AvgIpc) is 2.34. The van der Waals surface area contributed by atoms with Crippen molar-refractivity contribution in [3.8, 4) is 0 Å². The highest BCUT2D eigenvalue weighted by Crippen LogP contribution is 2.09. The smallest absolute Gasteiger partial charge is 0.0840 e. The van der Waals surface area contributed by atoms with Crippen molar-refractivity contribution in [2.24, 2.45) is 5.73 Å². The molecule has 0 aromatic heterocycles. The molecule has 0 aliphatic rings. The van der Waals surface area contributed by atoms with Crippen LogP contribution in [0.4, 0.5) is 5.69 Å². The lowest BCUT2D eigenvalue weighted by Crippen LogP contribution is -2.21. The van der Waals surface area contributed by atoms with Gasteiger partial charge in [-0.3, -0.25) is 0 Å². The molecular weight excluding hydrogens is 214 g/mol. The van der Waals surface area contributed by atoms with Crippen LogP contribution in [-0.4, -0.2) is 17.8 Å². The van der Waals surface area contributed by atoms with Gasteiger partial charge in [0.25, 0.3) is 0 Å². The van der Waals surface area contributed by atoms with E-state index in [0.717, 1.165) is 12.2 Å². The highest BCUT2D eigenvalue weighted by Gasteiger charge is 1.95. The second kappa shape index (κ2) is 6.93. The molecule has 0 fully saturated rings. The largest absolute Gasteiger partial charge is 0.399 e. The summed E-state index contributed by atoms with van der Waals surface area (Å²) in [6.45, 7) is 4.98. The molecule has 0 aliphatic carbocycles. The van der Waals surface area contributed by atoms with Crippen LogP contribution in [0.3, 0.4) is 0 Å². The second-order valence-electron chi connectivity index (χ2n) is 4.25. The fourth-order valence-corrected chi connectivity index (χ4v) is 1.26. The summed E-state index contributed by atoms with van der Waals surface area (Å²) in [6.07, 6.45) is 1.60. The van der Waals surface area contributed by atoms with Gasteiger partial charge in [0.1, 0.15) is 0 Å². The van der Waals surface area contributed by atoms with E-state index in [2.05, 4.69) is 36.6 Å². The molecular formula is C13H21N3O. The molecule has 1 rings (SSSR count). The van der Waals surface area contributed by atoms with Gasteiger partial charge in [0, 0.05) is 24.5 Å². The van der Waals surface area contributed by atoms with Crippen LogP contribution < -0.4 is 16.4 Å². The van der Waals surface area contributed by atoms with Crippen molar-refractivity contribution < 1.29 is 5.11 Å². The predicted molar refractivity (Wildman–Crippen MR) is 71.4 cm³/mol. The van der Waals surface area contributed by atoms with Gasteiger partial charge in [0.2, 0.25) is 0 Å². The maximum atomic E-state index is 8.74. The molecule has 4 nitrogen and oxygen atoms in total. The van der Waals surface area contributed by atoms with Crippen LogP contribution in [0.1, 0.15) is 19.4 Å². The van der Waals surface area contributed by atoms with Crippen molar-refractivity contribution in [3.05, 3.63) is 41.7 Å². The Bertz CT molecular complexity index is 357. The Hall–Kier alpha value is -1.52. The summed E-state index contributed by atoms with van der Waals surface area (Å²) in [5, 5.41) is 15.1. The first kappa shape index (κ1) is 13.5. The summed E-state index contributed by atoms with van der Waals surface area (Å²) >= 11 is 0. The Morgan fingerprint density at radius 3 is 2.53 bits per heavy atom. The van der Waals surface area contributed by atoms with Gasteiger partial charge in [-0.2, -0.15) is 0 Å². The van der Waals surface area contributed by atoms with Gasteiger partial charge >= 0.3 is 0 Å². The van der Waals surface area contributed by atoms with Crippen LogP contribution in [0.15, 0.2) is 36.2 Å². The Labute approximate surface area is 103 Å². The minimum Gasteiger partial charge on any atom is -0.399 e. The fourth-order valence-electron chi connectivity index (χ4n) is 1.26. The van der Waals surface area contributed by atoms with Gasteiger partial charge in [-0.25, -0.2) is 0 Å². The number of anilines is 1. The molecule has 0 saturated heterocycles. The van der Waals surface area contributed by atoms with Crippen molar-refractivity contribution >= 4 is 5.69 Å². The number of hydrogen-bond donors (Lipinski definition) is 4. The van der Waals surface area contributed by atoms with E-state index in [9.17, 15) is 0 Å².